The molecule has 0 unspecified atom stereocenters. The molecule has 11 heteroatoms. The summed E-state index contributed by atoms with van der Waals surface area (Å²) in [5.74, 6) is 1.40. The first-order valence-electron chi connectivity index (χ1n) is 10.8. The molecule has 4 aromatic rings. The normalized spacial score (nSPS) is 13.2. The molecule has 35 heavy (non-hydrogen) atoms. The fourth-order valence-electron chi connectivity index (χ4n) is 3.54. The number of carbonyl (C=O) groups is 1. The summed E-state index contributed by atoms with van der Waals surface area (Å²) >= 11 is 6.44. The molecule has 1 saturated heterocycles. The van der Waals surface area contributed by atoms with Gasteiger partial charge in [0.05, 0.1) is 23.0 Å². The maximum absolute atomic E-state index is 11.6. The first-order valence-corrected chi connectivity index (χ1v) is 11.2. The molecule has 176 valence electrons. The molecule has 0 saturated carbocycles. The van der Waals surface area contributed by atoms with Gasteiger partial charge in [0, 0.05) is 25.0 Å². The molecule has 1 fully saturated rings. The standard InChI is InChI=1S/C24H21ClN8O2/c1-2-21(34)33-11-17(12-33)31-24-27-10-19-22(32-24)23(29-14-28-19)30-15-6-7-20(18(25)9-15)35-13-16-5-3-4-8-26-16/h2-10,14,17H,1,11-13H2,(H,27,31,32)(H,28,29,30). The van der Waals surface area contributed by atoms with Crippen LogP contribution >= 0.6 is 11.6 Å². The lowest BCUT2D eigenvalue weighted by Crippen LogP contribution is -2.56. The lowest BCUT2D eigenvalue weighted by atomic mass is 10.1. The second-order valence-corrected chi connectivity index (χ2v) is 8.23. The van der Waals surface area contributed by atoms with Crippen LogP contribution in [-0.4, -0.2) is 54.9 Å². The van der Waals surface area contributed by atoms with Crippen LogP contribution in [0.1, 0.15) is 5.69 Å². The Balaban J connectivity index is 1.29. The number of halogens is 1. The minimum Gasteiger partial charge on any atom is -0.486 e. The van der Waals surface area contributed by atoms with E-state index in [0.717, 1.165) is 5.69 Å². The molecule has 1 aliphatic rings. The summed E-state index contributed by atoms with van der Waals surface area (Å²) < 4.78 is 5.79. The number of rotatable bonds is 8. The molecule has 0 radical (unpaired) electrons. The van der Waals surface area contributed by atoms with Crippen LogP contribution in [0.3, 0.4) is 0 Å². The third kappa shape index (κ3) is 5.12. The summed E-state index contributed by atoms with van der Waals surface area (Å²) in [6, 6.07) is 11.1. The molecule has 4 heterocycles. The monoisotopic (exact) mass is 488 g/mol. The Morgan fingerprint density at radius 2 is 2.09 bits per heavy atom. The molecule has 2 N–H and O–H groups in total. The quantitative estimate of drug-likeness (QED) is 0.358. The van der Waals surface area contributed by atoms with E-state index in [-0.39, 0.29) is 11.9 Å². The largest absolute Gasteiger partial charge is 0.486 e. The average molecular weight is 489 g/mol. The van der Waals surface area contributed by atoms with Gasteiger partial charge >= 0.3 is 0 Å². The molecular weight excluding hydrogens is 468 g/mol. The fraction of sp³-hybridized carbons (Fsp3) is 0.167. The lowest BCUT2D eigenvalue weighted by molar-refractivity contribution is -0.129. The van der Waals surface area contributed by atoms with Crippen molar-refractivity contribution in [1.82, 2.24) is 29.8 Å². The van der Waals surface area contributed by atoms with Gasteiger partial charge in [0.25, 0.3) is 0 Å². The van der Waals surface area contributed by atoms with E-state index in [1.54, 1.807) is 29.4 Å². The number of hydrogen-bond acceptors (Lipinski definition) is 9. The van der Waals surface area contributed by atoms with Gasteiger partial charge in [0.1, 0.15) is 29.7 Å². The molecule has 3 aromatic heterocycles. The van der Waals surface area contributed by atoms with Gasteiger partial charge in [0.2, 0.25) is 11.9 Å². The fourth-order valence-corrected chi connectivity index (χ4v) is 3.78. The topological polar surface area (TPSA) is 118 Å². The van der Waals surface area contributed by atoms with Gasteiger partial charge in [-0.1, -0.05) is 24.2 Å². The third-order valence-corrected chi connectivity index (χ3v) is 5.67. The number of carbonyl (C=O) groups excluding carboxylic acids is 1. The van der Waals surface area contributed by atoms with Gasteiger partial charge in [-0.25, -0.2) is 19.9 Å². The molecule has 0 atom stereocenters. The zero-order chi connectivity index (χ0) is 24.2. The maximum atomic E-state index is 11.6. The molecular formula is C24H21ClN8O2. The van der Waals surface area contributed by atoms with E-state index in [4.69, 9.17) is 16.3 Å². The maximum Gasteiger partial charge on any atom is 0.246 e. The van der Waals surface area contributed by atoms with Crippen LogP contribution in [0.5, 0.6) is 5.75 Å². The number of anilines is 3. The minimum absolute atomic E-state index is 0.0647. The van der Waals surface area contributed by atoms with Crippen LogP contribution in [0.25, 0.3) is 11.0 Å². The number of hydrogen-bond donors (Lipinski definition) is 2. The highest BCUT2D eigenvalue weighted by Crippen LogP contribution is 2.30. The molecule has 5 rings (SSSR count). The van der Waals surface area contributed by atoms with Crippen molar-refractivity contribution in [1.29, 1.82) is 0 Å². The summed E-state index contributed by atoms with van der Waals surface area (Å²) in [5.41, 5.74) is 2.66. The van der Waals surface area contributed by atoms with Gasteiger partial charge in [-0.05, 0) is 36.4 Å². The van der Waals surface area contributed by atoms with E-state index in [0.29, 0.717) is 59.0 Å². The zero-order valence-electron chi connectivity index (χ0n) is 18.6. The molecule has 0 spiro atoms. The average Bonchev–Trinajstić information content (AvgIpc) is 2.86. The molecule has 0 aliphatic carbocycles. The number of ether oxygens (including phenoxy) is 1. The van der Waals surface area contributed by atoms with Crippen molar-refractivity contribution in [2.45, 2.75) is 12.6 Å². The van der Waals surface area contributed by atoms with Crippen LogP contribution < -0.4 is 15.4 Å². The summed E-state index contributed by atoms with van der Waals surface area (Å²) in [7, 11) is 0. The first-order chi connectivity index (χ1) is 17.1. The Bertz CT molecular complexity index is 1380. The zero-order valence-corrected chi connectivity index (χ0v) is 19.3. The number of aromatic nitrogens is 5. The Kier molecular flexibility index (Phi) is 6.36. The third-order valence-electron chi connectivity index (χ3n) is 5.37. The van der Waals surface area contributed by atoms with Crippen molar-refractivity contribution < 1.29 is 9.53 Å². The molecule has 1 amide bonds. The SMILES string of the molecule is C=CC(=O)N1CC(Nc2ncc3ncnc(Nc4ccc(OCc5ccccn5)c(Cl)c4)c3n2)C1. The second-order valence-electron chi connectivity index (χ2n) is 7.82. The minimum atomic E-state index is -0.0887. The molecule has 1 aromatic carbocycles. The van der Waals surface area contributed by atoms with E-state index in [2.05, 4.69) is 42.1 Å². The van der Waals surface area contributed by atoms with Crippen LogP contribution in [0.15, 0.2) is 67.8 Å². The van der Waals surface area contributed by atoms with Gasteiger partial charge in [-0.2, -0.15) is 0 Å². The van der Waals surface area contributed by atoms with Crippen molar-refractivity contribution in [2.24, 2.45) is 0 Å². The number of nitrogens with one attached hydrogen (secondary N) is 2. The van der Waals surface area contributed by atoms with E-state index < -0.39 is 0 Å². The molecule has 1 aliphatic heterocycles. The summed E-state index contributed by atoms with van der Waals surface area (Å²) in [6.07, 6.45) is 6.10. The van der Waals surface area contributed by atoms with Crippen LogP contribution in [0.2, 0.25) is 5.02 Å². The summed E-state index contributed by atoms with van der Waals surface area (Å²) in [6.45, 7) is 4.96. The van der Waals surface area contributed by atoms with Crippen molar-refractivity contribution in [3.63, 3.8) is 0 Å². The number of pyridine rings is 1. The van der Waals surface area contributed by atoms with E-state index in [1.807, 2.05) is 24.3 Å². The second kappa shape index (κ2) is 9.90. The van der Waals surface area contributed by atoms with E-state index >= 15 is 0 Å². The Labute approximate surface area is 206 Å². The first kappa shape index (κ1) is 22.5. The predicted octanol–water partition coefficient (Wildman–Crippen LogP) is 3.60. The number of likely N-dealkylation sites (tertiary alicyclic amines) is 1. The van der Waals surface area contributed by atoms with Crippen LogP contribution in [0, 0.1) is 0 Å². The predicted molar refractivity (Wildman–Crippen MR) is 133 cm³/mol. The van der Waals surface area contributed by atoms with E-state index in [9.17, 15) is 4.79 Å². The van der Waals surface area contributed by atoms with Crippen molar-refractivity contribution in [2.75, 3.05) is 23.7 Å². The highest BCUT2D eigenvalue weighted by molar-refractivity contribution is 6.32. The van der Waals surface area contributed by atoms with Gasteiger partial charge in [-0.15, -0.1) is 0 Å². The number of amides is 1. The molecule has 0 bridgehead atoms. The number of benzene rings is 1. The highest BCUT2D eigenvalue weighted by atomic mass is 35.5. The van der Waals surface area contributed by atoms with Crippen molar-refractivity contribution in [3.8, 4) is 5.75 Å². The van der Waals surface area contributed by atoms with Crippen LogP contribution in [0.4, 0.5) is 17.5 Å². The number of nitrogens with zero attached hydrogens (tertiary/aromatic N) is 6. The van der Waals surface area contributed by atoms with Crippen LogP contribution in [-0.2, 0) is 11.4 Å². The van der Waals surface area contributed by atoms with Crippen molar-refractivity contribution in [3.05, 3.63) is 78.5 Å². The highest BCUT2D eigenvalue weighted by Gasteiger charge is 2.29. The molecule has 10 nitrogen and oxygen atoms in total. The van der Waals surface area contributed by atoms with Gasteiger partial charge < -0.3 is 20.3 Å². The Hall–Kier alpha value is -4.31. The number of fused-ring (bicyclic) bond motifs is 1. The lowest BCUT2D eigenvalue weighted by Gasteiger charge is -2.38. The Morgan fingerprint density at radius 1 is 1.20 bits per heavy atom. The van der Waals surface area contributed by atoms with Crippen molar-refractivity contribution >= 4 is 46.0 Å². The van der Waals surface area contributed by atoms with E-state index in [1.165, 1.54) is 12.4 Å². The smallest absolute Gasteiger partial charge is 0.246 e. The summed E-state index contributed by atoms with van der Waals surface area (Å²) in [5, 5.41) is 6.93. The van der Waals surface area contributed by atoms with Gasteiger partial charge in [0.15, 0.2) is 5.82 Å². The summed E-state index contributed by atoms with van der Waals surface area (Å²) in [4.78, 5) is 35.1. The Morgan fingerprint density at radius 3 is 2.86 bits per heavy atom. The van der Waals surface area contributed by atoms with Gasteiger partial charge in [-0.3, -0.25) is 9.78 Å².